The molecule has 53 valence electrons. The second kappa shape index (κ2) is 12.0. The summed E-state index contributed by atoms with van der Waals surface area (Å²) >= 11 is 0. The Morgan fingerprint density at radius 3 is 2.22 bits per heavy atom. The first-order valence-electron chi connectivity index (χ1n) is 1.76. The van der Waals surface area contributed by atoms with Crippen LogP contribution in [0.1, 0.15) is 0 Å². The van der Waals surface area contributed by atoms with Crippen molar-refractivity contribution < 1.29 is 38.1 Å². The number of hydrogen-bond acceptors (Lipinski definition) is 2. The summed E-state index contributed by atoms with van der Waals surface area (Å²) in [5.74, 6) is 0.889. The first-order chi connectivity index (χ1) is 3.27. The molecule has 0 heterocycles. The molecule has 0 aromatic carbocycles. The Labute approximate surface area is 89.9 Å². The van der Waals surface area contributed by atoms with Crippen molar-refractivity contribution in [1.82, 2.24) is 0 Å². The molecule has 0 unspecified atom stereocenters. The second-order valence-corrected chi connectivity index (χ2v) is 3.52. The topological polar surface area (TPSA) is 49.4 Å². The zero-order valence-corrected chi connectivity index (χ0v) is 10.1. The standard InChI is InChI=1S/C3H8N2S2.CH3.Y/c1-6-7-2-3(4)5;;/h2H2,1H3,(H3,4,5);1H3;/q;-1;. The predicted molar refractivity (Wildman–Crippen MR) is 43.6 cm³/mol. The molecule has 0 saturated heterocycles. The smallest absolute Gasteiger partial charge is 0.102 e. The third-order valence-corrected chi connectivity index (χ3v) is 2.06. The Morgan fingerprint density at radius 1 is 1.67 bits per heavy atom. The molecule has 0 bridgehead atoms. The van der Waals surface area contributed by atoms with Gasteiger partial charge in [-0.25, -0.2) is 0 Å². The third kappa shape index (κ3) is 17.6. The zero-order valence-electron chi connectivity index (χ0n) is 5.68. The van der Waals surface area contributed by atoms with Crippen LogP contribution in [-0.2, 0) is 32.7 Å². The Morgan fingerprint density at radius 2 is 2.11 bits per heavy atom. The largest absolute Gasteiger partial charge is 0.387 e. The van der Waals surface area contributed by atoms with Crippen LogP contribution in [0.5, 0.6) is 0 Å². The fraction of sp³-hybridized carbons (Fsp3) is 0.500. The maximum Gasteiger partial charge on any atom is 0.102 e. The van der Waals surface area contributed by atoms with E-state index < -0.39 is 0 Å². The monoisotopic (exact) mass is 240 g/mol. The van der Waals surface area contributed by atoms with E-state index in [2.05, 4.69) is 0 Å². The molecular formula is C4H11N2S2Y-. The maximum atomic E-state index is 6.74. The second-order valence-electron chi connectivity index (χ2n) is 0.954. The molecule has 9 heavy (non-hydrogen) atoms. The van der Waals surface area contributed by atoms with Crippen LogP contribution in [0.4, 0.5) is 0 Å². The first-order valence-corrected chi connectivity index (χ1v) is 4.48. The van der Waals surface area contributed by atoms with Gasteiger partial charge in [-0.05, 0) is 6.26 Å². The molecule has 0 aromatic heterocycles. The molecule has 0 aliphatic carbocycles. The van der Waals surface area contributed by atoms with E-state index >= 15 is 0 Å². The third-order valence-electron chi connectivity index (χ3n) is 0.332. The fourth-order valence-electron chi connectivity index (χ4n) is 0.122. The number of amidine groups is 1. The molecule has 2 nitrogen and oxygen atoms in total. The molecule has 0 aliphatic rings. The molecule has 0 saturated carbocycles. The quantitative estimate of drug-likeness (QED) is 0.341. The molecule has 0 aromatic rings. The van der Waals surface area contributed by atoms with Gasteiger partial charge in [-0.3, -0.25) is 5.73 Å². The van der Waals surface area contributed by atoms with Gasteiger partial charge >= 0.3 is 0 Å². The van der Waals surface area contributed by atoms with Gasteiger partial charge in [0.05, 0.1) is 5.75 Å². The van der Waals surface area contributed by atoms with Gasteiger partial charge in [0.25, 0.3) is 0 Å². The Hall–Kier alpha value is 1.27. The van der Waals surface area contributed by atoms with Gasteiger partial charge in [-0.2, -0.15) is 0 Å². The van der Waals surface area contributed by atoms with Crippen LogP contribution in [-0.4, -0.2) is 17.8 Å². The fourth-order valence-corrected chi connectivity index (χ4v) is 1.10. The van der Waals surface area contributed by atoms with E-state index in [9.17, 15) is 0 Å². The van der Waals surface area contributed by atoms with Gasteiger partial charge in [-0.15, -0.1) is 0 Å². The van der Waals surface area contributed by atoms with Crippen molar-refractivity contribution in [2.24, 2.45) is 0 Å². The molecule has 0 spiro atoms. The van der Waals surface area contributed by atoms with E-state index in [0.717, 1.165) is 0 Å². The molecule has 5 heteroatoms. The van der Waals surface area contributed by atoms with Crippen LogP contribution < -0.4 is 5.41 Å². The SMILES string of the molecule is CSSCC([NH-])=[NH2+].[CH3-].[Y]. The minimum atomic E-state index is 0. The molecule has 1 radical (unpaired) electrons. The molecule has 3 N–H and O–H groups in total. The van der Waals surface area contributed by atoms with Crippen LogP contribution in [0.15, 0.2) is 0 Å². The zero-order chi connectivity index (χ0) is 5.70. The van der Waals surface area contributed by atoms with Crippen LogP contribution in [0.2, 0.25) is 0 Å². The maximum absolute atomic E-state index is 6.74. The molecule has 0 amide bonds. The van der Waals surface area contributed by atoms with Crippen molar-refractivity contribution >= 4 is 27.4 Å². The van der Waals surface area contributed by atoms with Crippen molar-refractivity contribution in [1.29, 1.82) is 0 Å². The summed E-state index contributed by atoms with van der Waals surface area (Å²) < 4.78 is 0. The van der Waals surface area contributed by atoms with Gasteiger partial charge in [0.2, 0.25) is 0 Å². The van der Waals surface area contributed by atoms with E-state index in [1.54, 1.807) is 21.6 Å². The van der Waals surface area contributed by atoms with Crippen molar-refractivity contribution in [3.8, 4) is 0 Å². The Bertz CT molecular complexity index is 69.6. The van der Waals surface area contributed by atoms with Crippen LogP contribution in [0, 0.1) is 7.43 Å². The average Bonchev–Trinajstić information content (AvgIpc) is 1.61. The summed E-state index contributed by atoms with van der Waals surface area (Å²) in [4.78, 5) is 0. The summed E-state index contributed by atoms with van der Waals surface area (Å²) in [5.41, 5.74) is 6.74. The van der Waals surface area contributed by atoms with Crippen molar-refractivity contribution in [2.75, 3.05) is 12.0 Å². The summed E-state index contributed by atoms with van der Waals surface area (Å²) in [6.07, 6.45) is 1.97. The molecule has 0 atom stereocenters. The van der Waals surface area contributed by atoms with E-state index in [0.29, 0.717) is 5.75 Å². The number of hydrogen-bond donors (Lipinski definition) is 1. The van der Waals surface area contributed by atoms with Gasteiger partial charge in [0.15, 0.2) is 0 Å². The number of nitrogens with one attached hydrogen (secondary N) is 1. The van der Waals surface area contributed by atoms with Gasteiger partial charge in [0.1, 0.15) is 5.84 Å². The molecule has 0 fully saturated rings. The summed E-state index contributed by atoms with van der Waals surface area (Å²) in [6, 6.07) is 0. The normalized spacial score (nSPS) is 6.78. The molecule has 0 rings (SSSR count). The van der Waals surface area contributed by atoms with E-state index in [4.69, 9.17) is 11.1 Å². The first kappa shape index (κ1) is 16.7. The number of nitrogens with two attached hydrogens (primary N) is 1. The summed E-state index contributed by atoms with van der Waals surface area (Å²) in [6.45, 7) is 0. The minimum Gasteiger partial charge on any atom is -0.387 e. The van der Waals surface area contributed by atoms with Gasteiger partial charge < -0.3 is 12.8 Å². The van der Waals surface area contributed by atoms with Crippen LogP contribution in [0.25, 0.3) is 5.73 Å². The van der Waals surface area contributed by atoms with E-state index in [1.165, 1.54) is 0 Å². The summed E-state index contributed by atoms with van der Waals surface area (Å²) in [5, 5.41) is 5.03. The average molecular weight is 240 g/mol. The minimum absolute atomic E-state index is 0. The number of rotatable bonds is 3. The molecule has 0 aliphatic heterocycles. The van der Waals surface area contributed by atoms with Crippen LogP contribution >= 0.6 is 21.6 Å². The van der Waals surface area contributed by atoms with Gasteiger partial charge in [-0.1, -0.05) is 21.6 Å². The van der Waals surface area contributed by atoms with E-state index in [-0.39, 0.29) is 46.0 Å². The van der Waals surface area contributed by atoms with Crippen LogP contribution in [0.3, 0.4) is 0 Å². The van der Waals surface area contributed by atoms with E-state index in [1.807, 2.05) is 6.26 Å². The van der Waals surface area contributed by atoms with Crippen molar-refractivity contribution in [3.05, 3.63) is 13.2 Å². The predicted octanol–water partition coefficient (Wildman–Crippen LogP) is 0.655. The summed E-state index contributed by atoms with van der Waals surface area (Å²) in [7, 11) is 3.21. The van der Waals surface area contributed by atoms with Crippen molar-refractivity contribution in [3.63, 3.8) is 0 Å². The van der Waals surface area contributed by atoms with Crippen molar-refractivity contribution in [2.45, 2.75) is 0 Å². The van der Waals surface area contributed by atoms with Gasteiger partial charge in [0, 0.05) is 32.7 Å². The Balaban J connectivity index is -0.000000180. The molecular weight excluding hydrogens is 229 g/mol. The Kier molecular flexibility index (Phi) is 22.3.